The van der Waals surface area contributed by atoms with Crippen LogP contribution in [0.25, 0.3) is 0 Å². The molecule has 1 fully saturated rings. The van der Waals surface area contributed by atoms with Crippen LogP contribution in [0.1, 0.15) is 68.2 Å². The molecule has 0 bridgehead atoms. The third-order valence-electron chi connectivity index (χ3n) is 6.74. The molecular formula is C26H34N2O3. The van der Waals surface area contributed by atoms with E-state index in [1.54, 1.807) is 0 Å². The molecule has 2 amide bonds. The van der Waals surface area contributed by atoms with E-state index in [0.717, 1.165) is 49.2 Å². The van der Waals surface area contributed by atoms with Crippen LogP contribution in [0.3, 0.4) is 0 Å². The normalized spacial score (nSPS) is 20.9. The summed E-state index contributed by atoms with van der Waals surface area (Å²) in [5.41, 5.74) is 2.43. The van der Waals surface area contributed by atoms with Crippen molar-refractivity contribution >= 4 is 11.8 Å². The number of nitrogens with one attached hydrogen (secondary N) is 1. The highest BCUT2D eigenvalue weighted by Crippen LogP contribution is 2.42. The van der Waals surface area contributed by atoms with Gasteiger partial charge < -0.3 is 14.6 Å². The summed E-state index contributed by atoms with van der Waals surface area (Å²) in [7, 11) is 0. The molecule has 166 valence electrons. The molecule has 0 saturated carbocycles. The van der Waals surface area contributed by atoms with Gasteiger partial charge in [-0.05, 0) is 49.7 Å². The van der Waals surface area contributed by atoms with Crippen LogP contribution in [0.4, 0.5) is 0 Å². The van der Waals surface area contributed by atoms with Gasteiger partial charge in [0.15, 0.2) is 0 Å². The van der Waals surface area contributed by atoms with Gasteiger partial charge >= 0.3 is 0 Å². The molecule has 1 saturated heterocycles. The number of carbonyl (C=O) groups excluding carboxylic acids is 2. The Balaban J connectivity index is 1.29. The highest BCUT2D eigenvalue weighted by Gasteiger charge is 2.37. The summed E-state index contributed by atoms with van der Waals surface area (Å²) in [6.45, 7) is 7.75. The Bertz CT molecular complexity index is 923. The summed E-state index contributed by atoms with van der Waals surface area (Å²) >= 11 is 0. The van der Waals surface area contributed by atoms with Crippen LogP contribution in [0.5, 0.6) is 0 Å². The summed E-state index contributed by atoms with van der Waals surface area (Å²) in [5, 5.41) is 3.30. The topological polar surface area (TPSA) is 62.6 Å². The Labute approximate surface area is 185 Å². The second-order valence-corrected chi connectivity index (χ2v) is 9.98. The molecule has 2 heterocycles. The van der Waals surface area contributed by atoms with E-state index in [0.29, 0.717) is 19.5 Å². The Morgan fingerprint density at radius 3 is 2.58 bits per heavy atom. The molecule has 2 aromatic rings. The van der Waals surface area contributed by atoms with Crippen LogP contribution in [0.15, 0.2) is 40.8 Å². The Morgan fingerprint density at radius 2 is 1.87 bits per heavy atom. The highest BCUT2D eigenvalue weighted by atomic mass is 16.3. The zero-order valence-electron chi connectivity index (χ0n) is 18.9. The van der Waals surface area contributed by atoms with Crippen molar-refractivity contribution in [3.63, 3.8) is 0 Å². The van der Waals surface area contributed by atoms with Gasteiger partial charge in [0, 0.05) is 37.4 Å². The molecule has 1 aliphatic heterocycles. The minimum atomic E-state index is -0.0281. The lowest BCUT2D eigenvalue weighted by molar-refractivity contribution is -0.135. The van der Waals surface area contributed by atoms with Crippen molar-refractivity contribution in [1.29, 1.82) is 0 Å². The van der Waals surface area contributed by atoms with Gasteiger partial charge in [0.2, 0.25) is 11.8 Å². The van der Waals surface area contributed by atoms with Gasteiger partial charge in [0.05, 0.1) is 6.04 Å². The minimum absolute atomic E-state index is 0.00855. The summed E-state index contributed by atoms with van der Waals surface area (Å²) in [6, 6.07) is 12.2. The maximum atomic E-state index is 13.0. The maximum Gasteiger partial charge on any atom is 0.223 e. The Hall–Kier alpha value is -2.56. The summed E-state index contributed by atoms with van der Waals surface area (Å²) in [6.07, 6.45) is 4.59. The van der Waals surface area contributed by atoms with Gasteiger partial charge in [0.25, 0.3) is 0 Å². The number of nitrogens with zero attached hydrogens (tertiary/aromatic N) is 1. The fourth-order valence-electron chi connectivity index (χ4n) is 5.05. The number of carbonyl (C=O) groups is 2. The van der Waals surface area contributed by atoms with E-state index < -0.39 is 0 Å². The number of aryl methyl sites for hydroxylation is 2. The fourth-order valence-corrected chi connectivity index (χ4v) is 5.05. The zero-order valence-corrected chi connectivity index (χ0v) is 18.9. The number of furan rings is 1. The van der Waals surface area contributed by atoms with E-state index in [9.17, 15) is 9.59 Å². The standard InChI is InChI=1S/C26H34N2O3/c1-18-15-21-22(16-26(2,3)17-23(21)31-18)27-25(30)20-11-13-28(14-12-20)24(29)10-9-19-7-5-4-6-8-19/h4-8,15,20,22H,9-14,16-17H2,1-3H3,(H,27,30). The number of amides is 2. The van der Waals surface area contributed by atoms with Crippen molar-refractivity contribution in [1.82, 2.24) is 10.2 Å². The van der Waals surface area contributed by atoms with Crippen LogP contribution in [0, 0.1) is 18.3 Å². The number of hydrogen-bond acceptors (Lipinski definition) is 3. The van der Waals surface area contributed by atoms with E-state index in [-0.39, 0.29) is 29.2 Å². The molecular weight excluding hydrogens is 388 g/mol. The average Bonchev–Trinajstić information content (AvgIpc) is 3.12. The van der Waals surface area contributed by atoms with E-state index in [1.807, 2.05) is 30.0 Å². The third kappa shape index (κ3) is 5.20. The van der Waals surface area contributed by atoms with E-state index in [1.165, 1.54) is 5.56 Å². The minimum Gasteiger partial charge on any atom is -0.466 e. The molecule has 2 aliphatic rings. The number of hydrogen-bond donors (Lipinski definition) is 1. The van der Waals surface area contributed by atoms with Crippen LogP contribution in [-0.2, 0) is 22.4 Å². The predicted molar refractivity (Wildman–Crippen MR) is 120 cm³/mol. The van der Waals surface area contributed by atoms with Crippen LogP contribution in [-0.4, -0.2) is 29.8 Å². The average molecular weight is 423 g/mol. The summed E-state index contributed by atoms with van der Waals surface area (Å²) in [4.78, 5) is 27.6. The van der Waals surface area contributed by atoms with Crippen molar-refractivity contribution in [2.75, 3.05) is 13.1 Å². The lowest BCUT2D eigenvalue weighted by Crippen LogP contribution is -2.44. The summed E-state index contributed by atoms with van der Waals surface area (Å²) in [5.74, 6) is 2.20. The first-order chi connectivity index (χ1) is 14.8. The first-order valence-electron chi connectivity index (χ1n) is 11.5. The molecule has 1 aromatic carbocycles. The van der Waals surface area contributed by atoms with Crippen LogP contribution >= 0.6 is 0 Å². The van der Waals surface area contributed by atoms with Crippen LogP contribution in [0.2, 0.25) is 0 Å². The Kier molecular flexibility index (Phi) is 6.22. The van der Waals surface area contributed by atoms with Crippen molar-refractivity contribution in [3.8, 4) is 0 Å². The van der Waals surface area contributed by atoms with E-state index in [2.05, 4.69) is 37.4 Å². The van der Waals surface area contributed by atoms with Gasteiger partial charge in [-0.15, -0.1) is 0 Å². The van der Waals surface area contributed by atoms with Gasteiger partial charge in [-0.25, -0.2) is 0 Å². The molecule has 1 N–H and O–H groups in total. The highest BCUT2D eigenvalue weighted by molar-refractivity contribution is 5.80. The number of piperidine rings is 1. The van der Waals surface area contributed by atoms with Gasteiger partial charge in [0.1, 0.15) is 11.5 Å². The second kappa shape index (κ2) is 8.89. The lowest BCUT2D eigenvalue weighted by Gasteiger charge is -2.36. The number of rotatable bonds is 5. The number of benzene rings is 1. The van der Waals surface area contributed by atoms with E-state index >= 15 is 0 Å². The molecule has 5 heteroatoms. The Morgan fingerprint density at radius 1 is 1.16 bits per heavy atom. The van der Waals surface area contributed by atoms with Gasteiger partial charge in [-0.3, -0.25) is 9.59 Å². The number of likely N-dealkylation sites (tertiary alicyclic amines) is 1. The molecule has 31 heavy (non-hydrogen) atoms. The zero-order chi connectivity index (χ0) is 22.0. The third-order valence-corrected chi connectivity index (χ3v) is 6.74. The van der Waals surface area contributed by atoms with Crippen molar-refractivity contribution < 1.29 is 14.0 Å². The largest absolute Gasteiger partial charge is 0.466 e. The van der Waals surface area contributed by atoms with Crippen molar-refractivity contribution in [2.45, 2.75) is 65.3 Å². The monoisotopic (exact) mass is 422 g/mol. The molecule has 0 spiro atoms. The molecule has 1 aliphatic carbocycles. The smallest absolute Gasteiger partial charge is 0.223 e. The molecule has 0 radical (unpaired) electrons. The second-order valence-electron chi connectivity index (χ2n) is 9.98. The SMILES string of the molecule is Cc1cc2c(o1)CC(C)(C)CC2NC(=O)C1CCN(C(=O)CCc2ccccc2)CC1. The maximum absolute atomic E-state index is 13.0. The van der Waals surface area contributed by atoms with Gasteiger partial charge in [-0.1, -0.05) is 44.2 Å². The van der Waals surface area contributed by atoms with Gasteiger partial charge in [-0.2, -0.15) is 0 Å². The van der Waals surface area contributed by atoms with E-state index in [4.69, 9.17) is 4.42 Å². The molecule has 4 rings (SSSR count). The molecule has 1 aromatic heterocycles. The molecule has 5 nitrogen and oxygen atoms in total. The summed E-state index contributed by atoms with van der Waals surface area (Å²) < 4.78 is 5.90. The lowest BCUT2D eigenvalue weighted by atomic mass is 9.74. The van der Waals surface area contributed by atoms with Crippen molar-refractivity contribution in [2.24, 2.45) is 11.3 Å². The predicted octanol–water partition coefficient (Wildman–Crippen LogP) is 4.59. The molecule has 1 unspecified atom stereocenters. The first-order valence-corrected chi connectivity index (χ1v) is 11.5. The molecule has 1 atom stereocenters. The van der Waals surface area contributed by atoms with Crippen LogP contribution < -0.4 is 5.32 Å². The number of fused-ring (bicyclic) bond motifs is 1. The van der Waals surface area contributed by atoms with Crippen molar-refractivity contribution in [3.05, 3.63) is 59.0 Å². The fraction of sp³-hybridized carbons (Fsp3) is 0.538. The first kappa shape index (κ1) is 21.7. The quantitative estimate of drug-likeness (QED) is 0.767.